The summed E-state index contributed by atoms with van der Waals surface area (Å²) in [5.41, 5.74) is 4.50. The van der Waals surface area contributed by atoms with E-state index < -0.39 is 0 Å². The lowest BCUT2D eigenvalue weighted by molar-refractivity contribution is 0.104. The number of rotatable bonds is 6. The summed E-state index contributed by atoms with van der Waals surface area (Å²) in [4.78, 5) is 19.0. The van der Waals surface area contributed by atoms with E-state index in [4.69, 9.17) is 0 Å². The van der Waals surface area contributed by atoms with Crippen molar-refractivity contribution >= 4 is 45.4 Å². The van der Waals surface area contributed by atoms with Gasteiger partial charge in [-0.3, -0.25) is 9.79 Å². The summed E-state index contributed by atoms with van der Waals surface area (Å²) >= 11 is 3.40. The third kappa shape index (κ3) is 5.51. The normalized spacial score (nSPS) is 11.2. The molecule has 0 fully saturated rings. The zero-order chi connectivity index (χ0) is 19.9. The van der Waals surface area contributed by atoms with E-state index in [1.165, 1.54) is 0 Å². The molecule has 3 nitrogen and oxygen atoms in total. The molecule has 0 aliphatic carbocycles. The Morgan fingerprint density at radius 1 is 0.929 bits per heavy atom. The molecule has 3 rings (SSSR count). The summed E-state index contributed by atoms with van der Waals surface area (Å²) < 4.78 is 1.01. The molecule has 0 atom stereocenters. The minimum atomic E-state index is -0.0460. The van der Waals surface area contributed by atoms with Crippen LogP contribution in [-0.2, 0) is 0 Å². The van der Waals surface area contributed by atoms with Crippen molar-refractivity contribution in [3.05, 3.63) is 100 Å². The van der Waals surface area contributed by atoms with E-state index in [1.807, 2.05) is 80.8 Å². The number of anilines is 1. The maximum atomic E-state index is 12.5. The molecule has 0 radical (unpaired) electrons. The second-order valence-electron chi connectivity index (χ2n) is 6.54. The van der Waals surface area contributed by atoms with E-state index in [1.54, 1.807) is 24.4 Å². The van der Waals surface area contributed by atoms with Crippen molar-refractivity contribution in [2.24, 2.45) is 4.99 Å². The van der Waals surface area contributed by atoms with Crippen molar-refractivity contribution < 1.29 is 4.79 Å². The van der Waals surface area contributed by atoms with Crippen molar-refractivity contribution in [3.63, 3.8) is 0 Å². The molecule has 0 aliphatic rings. The van der Waals surface area contributed by atoms with Gasteiger partial charge in [0, 0.05) is 36.0 Å². The fourth-order valence-electron chi connectivity index (χ4n) is 2.59. The first-order valence-corrected chi connectivity index (χ1v) is 9.70. The van der Waals surface area contributed by atoms with Gasteiger partial charge in [-0.15, -0.1) is 0 Å². The lowest BCUT2D eigenvalue weighted by Crippen LogP contribution is -2.08. The molecule has 3 aromatic rings. The van der Waals surface area contributed by atoms with Crippen LogP contribution in [0.5, 0.6) is 0 Å². The molecule has 140 valence electrons. The van der Waals surface area contributed by atoms with Crippen molar-refractivity contribution in [1.82, 2.24) is 0 Å². The second-order valence-corrected chi connectivity index (χ2v) is 7.46. The number of benzene rings is 3. The van der Waals surface area contributed by atoms with E-state index in [2.05, 4.69) is 25.8 Å². The topological polar surface area (TPSA) is 32.7 Å². The molecule has 0 amide bonds. The third-order valence-corrected chi connectivity index (χ3v) is 4.73. The van der Waals surface area contributed by atoms with Gasteiger partial charge in [0.05, 0.1) is 5.69 Å². The van der Waals surface area contributed by atoms with E-state index >= 15 is 0 Å². The van der Waals surface area contributed by atoms with Gasteiger partial charge in [-0.05, 0) is 53.6 Å². The largest absolute Gasteiger partial charge is 0.378 e. The van der Waals surface area contributed by atoms with Gasteiger partial charge in [0.25, 0.3) is 0 Å². The van der Waals surface area contributed by atoms with Crippen LogP contribution in [0.2, 0.25) is 0 Å². The van der Waals surface area contributed by atoms with Gasteiger partial charge in [-0.2, -0.15) is 0 Å². The van der Waals surface area contributed by atoms with Crippen molar-refractivity contribution in [3.8, 4) is 0 Å². The molecule has 0 aromatic heterocycles. The lowest BCUT2D eigenvalue weighted by Gasteiger charge is -2.11. The zero-order valence-corrected chi connectivity index (χ0v) is 17.4. The molecular weight excluding hydrogens is 412 g/mol. The Morgan fingerprint density at radius 3 is 2.29 bits per heavy atom. The van der Waals surface area contributed by atoms with Gasteiger partial charge in [-0.25, -0.2) is 0 Å². The highest BCUT2D eigenvalue weighted by Crippen LogP contribution is 2.17. The van der Waals surface area contributed by atoms with Crippen LogP contribution in [0.3, 0.4) is 0 Å². The van der Waals surface area contributed by atoms with Gasteiger partial charge in [0.15, 0.2) is 5.78 Å². The molecule has 28 heavy (non-hydrogen) atoms. The number of hydrogen-bond donors (Lipinski definition) is 0. The van der Waals surface area contributed by atoms with Crippen LogP contribution in [0.15, 0.2) is 88.3 Å². The van der Waals surface area contributed by atoms with Gasteiger partial charge in [-0.1, -0.05) is 58.4 Å². The predicted octanol–water partition coefficient (Wildman–Crippen LogP) is 6.16. The van der Waals surface area contributed by atoms with Crippen molar-refractivity contribution in [2.45, 2.75) is 0 Å². The van der Waals surface area contributed by atoms with E-state index in [0.717, 1.165) is 27.0 Å². The zero-order valence-electron chi connectivity index (χ0n) is 15.8. The highest BCUT2D eigenvalue weighted by atomic mass is 79.9. The van der Waals surface area contributed by atoms with E-state index in [9.17, 15) is 4.79 Å². The molecule has 0 heterocycles. The first-order valence-electron chi connectivity index (χ1n) is 8.91. The van der Waals surface area contributed by atoms with Crippen molar-refractivity contribution in [2.75, 3.05) is 19.0 Å². The highest BCUT2D eigenvalue weighted by molar-refractivity contribution is 9.10. The van der Waals surface area contributed by atoms with Crippen LogP contribution in [0.4, 0.5) is 11.4 Å². The number of carbonyl (C=O) groups excluding carboxylic acids is 1. The number of ketones is 1. The molecule has 4 heteroatoms. The summed E-state index contributed by atoms with van der Waals surface area (Å²) in [6, 6.07) is 23.3. The minimum Gasteiger partial charge on any atom is -0.378 e. The molecule has 0 spiro atoms. The van der Waals surface area contributed by atoms with E-state index in [0.29, 0.717) is 5.56 Å². The van der Waals surface area contributed by atoms with Crippen LogP contribution >= 0.6 is 15.9 Å². The highest BCUT2D eigenvalue weighted by Gasteiger charge is 2.02. The number of nitrogens with zero attached hydrogens (tertiary/aromatic N) is 2. The summed E-state index contributed by atoms with van der Waals surface area (Å²) in [5, 5.41) is 0. The van der Waals surface area contributed by atoms with Gasteiger partial charge < -0.3 is 4.90 Å². The maximum Gasteiger partial charge on any atom is 0.185 e. The summed E-state index contributed by atoms with van der Waals surface area (Å²) in [7, 11) is 4.02. The molecule has 3 aromatic carbocycles. The van der Waals surface area contributed by atoms with Gasteiger partial charge in [0.2, 0.25) is 0 Å². The number of aliphatic imine (C=N–C) groups is 1. The monoisotopic (exact) mass is 432 g/mol. The molecule has 0 saturated carbocycles. The molecule has 0 N–H and O–H groups in total. The Bertz CT molecular complexity index is 1000. The standard InChI is InChI=1S/C24H21BrN2O/c1-27(2)23-13-8-19(9-14-23)17-26-22-5-3-4-20(16-22)24(28)15-10-18-6-11-21(25)12-7-18/h3-17H,1-2H3. The fourth-order valence-corrected chi connectivity index (χ4v) is 2.85. The third-order valence-electron chi connectivity index (χ3n) is 4.20. The van der Waals surface area contributed by atoms with Crippen LogP contribution < -0.4 is 4.90 Å². The van der Waals surface area contributed by atoms with Crippen molar-refractivity contribution in [1.29, 1.82) is 0 Å². The Morgan fingerprint density at radius 2 is 1.61 bits per heavy atom. The Labute approximate surface area is 174 Å². The predicted molar refractivity (Wildman–Crippen MR) is 122 cm³/mol. The molecule has 0 unspecified atom stereocenters. The molecule has 0 saturated heterocycles. The average Bonchev–Trinajstić information content (AvgIpc) is 2.72. The first kappa shape index (κ1) is 19.8. The Kier molecular flexibility index (Phi) is 6.56. The summed E-state index contributed by atoms with van der Waals surface area (Å²) in [6.45, 7) is 0. The lowest BCUT2D eigenvalue weighted by atomic mass is 10.1. The van der Waals surface area contributed by atoms with Crippen LogP contribution in [0.25, 0.3) is 6.08 Å². The Balaban J connectivity index is 1.70. The smallest absolute Gasteiger partial charge is 0.185 e. The number of hydrogen-bond acceptors (Lipinski definition) is 3. The number of carbonyl (C=O) groups is 1. The quantitative estimate of drug-likeness (QED) is 0.265. The SMILES string of the molecule is CN(C)c1ccc(C=Nc2cccc(C(=O)C=Cc3ccc(Br)cc3)c2)cc1. The fraction of sp³-hybridized carbons (Fsp3) is 0.0833. The average molecular weight is 433 g/mol. The van der Waals surface area contributed by atoms with Crippen LogP contribution in [-0.4, -0.2) is 26.1 Å². The van der Waals surface area contributed by atoms with Gasteiger partial charge >= 0.3 is 0 Å². The summed E-state index contributed by atoms with van der Waals surface area (Å²) in [6.07, 6.45) is 5.21. The van der Waals surface area contributed by atoms with E-state index in [-0.39, 0.29) is 5.78 Å². The second kappa shape index (κ2) is 9.29. The molecule has 0 bridgehead atoms. The number of halogens is 1. The van der Waals surface area contributed by atoms with Crippen LogP contribution in [0.1, 0.15) is 21.5 Å². The van der Waals surface area contributed by atoms with Crippen LogP contribution in [0, 0.1) is 0 Å². The molecular formula is C24H21BrN2O. The van der Waals surface area contributed by atoms with Gasteiger partial charge in [0.1, 0.15) is 0 Å². The number of allylic oxidation sites excluding steroid dienone is 1. The summed E-state index contributed by atoms with van der Waals surface area (Å²) in [5.74, 6) is -0.0460. The minimum absolute atomic E-state index is 0.0460. The first-order chi connectivity index (χ1) is 13.5. The Hall–Kier alpha value is -2.98. The maximum absolute atomic E-state index is 12.5. The molecule has 0 aliphatic heterocycles.